The molecule has 4 aromatic rings. The van der Waals surface area contributed by atoms with Crippen LogP contribution in [-0.2, 0) is 6.54 Å². The summed E-state index contributed by atoms with van der Waals surface area (Å²) in [4.78, 5) is 25.4. The first-order valence-corrected chi connectivity index (χ1v) is 12.6. The molecular weight excluding hydrogens is 450 g/mol. The second-order valence-corrected chi connectivity index (χ2v) is 10.0. The summed E-state index contributed by atoms with van der Waals surface area (Å²) >= 11 is 0. The van der Waals surface area contributed by atoms with Crippen molar-refractivity contribution in [2.75, 3.05) is 20.1 Å². The minimum absolute atomic E-state index is 0.0987. The molecule has 36 heavy (non-hydrogen) atoms. The Hall–Kier alpha value is -3.55. The predicted octanol–water partition coefficient (Wildman–Crippen LogP) is 4.34. The van der Waals surface area contributed by atoms with Gasteiger partial charge in [-0.15, -0.1) is 0 Å². The number of likely N-dealkylation sites (N-methyl/N-ethyl adjacent to an activating group) is 1. The van der Waals surface area contributed by atoms with Crippen molar-refractivity contribution in [3.05, 3.63) is 82.0 Å². The molecule has 0 unspecified atom stereocenters. The number of aromatic nitrogens is 3. The Bertz CT molecular complexity index is 1440. The number of nitrogens with zero attached hydrogens (tertiary/aromatic N) is 4. The van der Waals surface area contributed by atoms with Gasteiger partial charge in [0, 0.05) is 37.0 Å². The summed E-state index contributed by atoms with van der Waals surface area (Å²) in [5, 5.41) is 14.1. The zero-order chi connectivity index (χ0) is 25.2. The van der Waals surface area contributed by atoms with E-state index in [1.54, 1.807) is 24.3 Å². The lowest BCUT2D eigenvalue weighted by Gasteiger charge is -2.29. The van der Waals surface area contributed by atoms with E-state index in [9.17, 15) is 9.90 Å². The van der Waals surface area contributed by atoms with Gasteiger partial charge in [-0.05, 0) is 63.5 Å². The topological polar surface area (TPSA) is 83.3 Å². The summed E-state index contributed by atoms with van der Waals surface area (Å²) in [5.41, 5.74) is 6.07. The molecule has 186 valence electrons. The highest BCUT2D eigenvalue weighted by Gasteiger charge is 2.21. The number of hydrogen-bond acceptors (Lipinski definition) is 6. The van der Waals surface area contributed by atoms with Gasteiger partial charge in [0.2, 0.25) is 0 Å². The summed E-state index contributed by atoms with van der Waals surface area (Å²) < 4.78 is 1.49. The lowest BCUT2D eigenvalue weighted by molar-refractivity contribution is 0.257. The van der Waals surface area contributed by atoms with Crippen LogP contribution in [0.1, 0.15) is 36.0 Å². The van der Waals surface area contributed by atoms with Gasteiger partial charge in [-0.2, -0.15) is 0 Å². The second kappa shape index (κ2) is 10.2. The second-order valence-electron chi connectivity index (χ2n) is 10.0. The van der Waals surface area contributed by atoms with Crippen molar-refractivity contribution in [2.24, 2.45) is 0 Å². The normalized spacial score (nSPS) is 16.1. The first-order valence-electron chi connectivity index (χ1n) is 12.6. The molecule has 0 bridgehead atoms. The van der Waals surface area contributed by atoms with Gasteiger partial charge in [0.05, 0.1) is 11.1 Å². The molecule has 7 heteroatoms. The highest BCUT2D eigenvalue weighted by atomic mass is 16.3. The molecular formula is C29H33N5O2. The number of rotatable bonds is 6. The number of pyridine rings is 1. The Labute approximate surface area is 211 Å². The highest BCUT2D eigenvalue weighted by Crippen LogP contribution is 2.30. The van der Waals surface area contributed by atoms with Crippen LogP contribution in [0.5, 0.6) is 5.75 Å². The van der Waals surface area contributed by atoms with Crippen molar-refractivity contribution in [1.82, 2.24) is 24.8 Å². The third-order valence-electron chi connectivity index (χ3n) is 6.91. The number of aromatic hydroxyl groups is 1. The monoisotopic (exact) mass is 483 g/mol. The molecule has 1 aliphatic heterocycles. The van der Waals surface area contributed by atoms with Crippen molar-refractivity contribution in [3.63, 3.8) is 0 Å². The van der Waals surface area contributed by atoms with E-state index in [2.05, 4.69) is 59.3 Å². The number of phenolic OH excluding ortho intramolecular Hbond substituents is 1. The largest absolute Gasteiger partial charge is 0.508 e. The number of benzene rings is 2. The van der Waals surface area contributed by atoms with Crippen LogP contribution < -0.4 is 10.9 Å². The van der Waals surface area contributed by atoms with Gasteiger partial charge in [-0.1, -0.05) is 41.8 Å². The predicted molar refractivity (Wildman–Crippen MR) is 144 cm³/mol. The van der Waals surface area contributed by atoms with Crippen molar-refractivity contribution in [2.45, 2.75) is 45.7 Å². The Balaban J connectivity index is 1.67. The third-order valence-corrected chi connectivity index (χ3v) is 6.91. The Morgan fingerprint density at radius 1 is 1.11 bits per heavy atom. The standard InChI is InChI=1S/C29H33N5O2/c1-19-11-20(2)13-21(12-19)25-15-31-28-27(26(25)17-33(3)16-22-7-4-5-10-30-22)29(36)34(18-32-28)23-8-6-9-24(35)14-23/h6,8-9,11-15,18,22,30,35H,4-5,7,10,16-17H2,1-3H3/t22-/m0/s1. The van der Waals surface area contributed by atoms with Crippen LogP contribution in [0.3, 0.4) is 0 Å². The number of aryl methyl sites for hydroxylation is 2. The SMILES string of the molecule is Cc1cc(C)cc(-c2cnc3ncn(-c4cccc(O)c4)c(=O)c3c2CN(C)C[C@@H]2CCCCN2)c1. The molecule has 7 nitrogen and oxygen atoms in total. The molecule has 3 heterocycles. The van der Waals surface area contributed by atoms with E-state index in [1.165, 1.54) is 34.9 Å². The Morgan fingerprint density at radius 3 is 2.64 bits per heavy atom. The fourth-order valence-electron chi connectivity index (χ4n) is 5.31. The maximum Gasteiger partial charge on any atom is 0.267 e. The first-order chi connectivity index (χ1) is 17.4. The van der Waals surface area contributed by atoms with E-state index < -0.39 is 0 Å². The molecule has 2 N–H and O–H groups in total. The van der Waals surface area contributed by atoms with E-state index in [-0.39, 0.29) is 11.3 Å². The van der Waals surface area contributed by atoms with Crippen molar-refractivity contribution in [1.29, 1.82) is 0 Å². The Kier molecular flexibility index (Phi) is 6.85. The average molecular weight is 484 g/mol. The molecule has 2 aromatic carbocycles. The molecule has 1 saturated heterocycles. The van der Waals surface area contributed by atoms with Gasteiger partial charge in [0.25, 0.3) is 5.56 Å². The quantitative estimate of drug-likeness (QED) is 0.424. The molecule has 2 aromatic heterocycles. The lowest BCUT2D eigenvalue weighted by atomic mass is 9.96. The Morgan fingerprint density at radius 2 is 1.92 bits per heavy atom. The third kappa shape index (κ3) is 5.03. The van der Waals surface area contributed by atoms with Gasteiger partial charge in [-0.3, -0.25) is 9.36 Å². The molecule has 0 amide bonds. The van der Waals surface area contributed by atoms with Crippen LogP contribution in [-0.4, -0.2) is 50.7 Å². The molecule has 0 aliphatic carbocycles. The summed E-state index contributed by atoms with van der Waals surface area (Å²) in [6.07, 6.45) is 6.98. The van der Waals surface area contributed by atoms with Crippen LogP contribution in [0.25, 0.3) is 27.8 Å². The molecule has 1 fully saturated rings. The van der Waals surface area contributed by atoms with Crippen molar-refractivity contribution in [3.8, 4) is 22.6 Å². The van der Waals surface area contributed by atoms with Crippen LogP contribution in [0.15, 0.2) is 59.8 Å². The van der Waals surface area contributed by atoms with E-state index in [4.69, 9.17) is 0 Å². The number of fused-ring (bicyclic) bond motifs is 1. The summed E-state index contributed by atoms with van der Waals surface area (Å²) in [6.45, 7) is 6.73. The van der Waals surface area contributed by atoms with Crippen LogP contribution in [0.2, 0.25) is 0 Å². The zero-order valence-electron chi connectivity index (χ0n) is 21.2. The molecule has 1 atom stereocenters. The minimum Gasteiger partial charge on any atom is -0.508 e. The van der Waals surface area contributed by atoms with Gasteiger partial charge in [0.1, 0.15) is 12.1 Å². The molecule has 5 rings (SSSR count). The van der Waals surface area contributed by atoms with Gasteiger partial charge in [-0.25, -0.2) is 9.97 Å². The van der Waals surface area contributed by atoms with Crippen molar-refractivity contribution < 1.29 is 5.11 Å². The smallest absolute Gasteiger partial charge is 0.267 e. The molecule has 0 saturated carbocycles. The summed E-state index contributed by atoms with van der Waals surface area (Å²) in [6, 6.07) is 13.5. The maximum atomic E-state index is 13.9. The van der Waals surface area contributed by atoms with Crippen molar-refractivity contribution >= 4 is 11.0 Å². The summed E-state index contributed by atoms with van der Waals surface area (Å²) in [5.74, 6) is 0.0987. The lowest BCUT2D eigenvalue weighted by Crippen LogP contribution is -2.42. The fraction of sp³-hybridized carbons (Fsp3) is 0.345. The van der Waals surface area contributed by atoms with Gasteiger partial charge >= 0.3 is 0 Å². The van der Waals surface area contributed by atoms with E-state index in [0.717, 1.165) is 36.2 Å². The molecule has 0 radical (unpaired) electrons. The van der Waals surface area contributed by atoms with Crippen LogP contribution in [0.4, 0.5) is 0 Å². The molecule has 1 aliphatic rings. The zero-order valence-corrected chi connectivity index (χ0v) is 21.2. The van der Waals surface area contributed by atoms with E-state index in [0.29, 0.717) is 29.3 Å². The van der Waals surface area contributed by atoms with Crippen LogP contribution >= 0.6 is 0 Å². The van der Waals surface area contributed by atoms with E-state index in [1.807, 2.05) is 6.20 Å². The fourth-order valence-corrected chi connectivity index (χ4v) is 5.31. The van der Waals surface area contributed by atoms with E-state index >= 15 is 0 Å². The summed E-state index contributed by atoms with van der Waals surface area (Å²) in [7, 11) is 2.11. The van der Waals surface area contributed by atoms with Gasteiger partial charge in [0.15, 0.2) is 5.65 Å². The number of phenols is 1. The van der Waals surface area contributed by atoms with Gasteiger partial charge < -0.3 is 15.3 Å². The first kappa shape index (κ1) is 24.2. The highest BCUT2D eigenvalue weighted by molar-refractivity contribution is 5.86. The van der Waals surface area contributed by atoms with Crippen LogP contribution in [0, 0.1) is 13.8 Å². The maximum absolute atomic E-state index is 13.9. The average Bonchev–Trinajstić information content (AvgIpc) is 2.84. The number of hydrogen-bond donors (Lipinski definition) is 2. The molecule has 0 spiro atoms. The number of piperidine rings is 1. The number of nitrogens with one attached hydrogen (secondary N) is 1. The minimum atomic E-state index is -0.191.